The molecule has 0 aliphatic rings. The molecular weight excluding hydrogens is 256 g/mol. The molecule has 1 aromatic carbocycles. The highest BCUT2D eigenvalue weighted by Gasteiger charge is 2.16. The standard InChI is InChI=1S/C11H11ClN4O2/c1-13-11-8(3-2-4-10(11)16(17)18)6-15-7-9(12)5-14-15/h2-5,7,13H,6H2,1H3. The highest BCUT2D eigenvalue weighted by Crippen LogP contribution is 2.28. The number of hydrogen-bond donors (Lipinski definition) is 1. The van der Waals surface area contributed by atoms with Gasteiger partial charge in [-0.05, 0) is 0 Å². The van der Waals surface area contributed by atoms with Crippen LogP contribution in [0.1, 0.15) is 5.56 Å². The normalized spacial score (nSPS) is 10.3. The second kappa shape index (κ2) is 5.05. The zero-order valence-corrected chi connectivity index (χ0v) is 10.4. The lowest BCUT2D eigenvalue weighted by Crippen LogP contribution is -2.05. The van der Waals surface area contributed by atoms with E-state index in [0.717, 1.165) is 5.56 Å². The SMILES string of the molecule is CNc1c(Cn2cc(Cl)cn2)cccc1[N+](=O)[O-]. The third-order valence-corrected chi connectivity index (χ3v) is 2.70. The molecule has 2 rings (SSSR count). The largest absolute Gasteiger partial charge is 0.382 e. The number of nitro benzene ring substituents is 1. The first-order valence-electron chi connectivity index (χ1n) is 5.24. The highest BCUT2D eigenvalue weighted by molar-refractivity contribution is 6.30. The third-order valence-electron chi connectivity index (χ3n) is 2.51. The fourth-order valence-corrected chi connectivity index (χ4v) is 1.91. The van der Waals surface area contributed by atoms with Gasteiger partial charge in [-0.2, -0.15) is 5.10 Å². The van der Waals surface area contributed by atoms with Crippen LogP contribution in [-0.2, 0) is 6.54 Å². The van der Waals surface area contributed by atoms with Gasteiger partial charge in [0.05, 0.1) is 22.7 Å². The Balaban J connectivity index is 2.38. The van der Waals surface area contributed by atoms with Crippen LogP contribution in [0.2, 0.25) is 5.02 Å². The lowest BCUT2D eigenvalue weighted by Gasteiger charge is -2.09. The lowest BCUT2D eigenvalue weighted by atomic mass is 10.1. The molecule has 0 aliphatic carbocycles. The van der Waals surface area contributed by atoms with E-state index in [1.165, 1.54) is 12.3 Å². The second-order valence-corrected chi connectivity index (χ2v) is 4.11. The van der Waals surface area contributed by atoms with E-state index >= 15 is 0 Å². The monoisotopic (exact) mass is 266 g/mol. The predicted molar refractivity (Wildman–Crippen MR) is 69.0 cm³/mol. The lowest BCUT2D eigenvalue weighted by molar-refractivity contribution is -0.384. The number of halogens is 1. The van der Waals surface area contributed by atoms with Crippen LogP contribution < -0.4 is 5.32 Å². The van der Waals surface area contributed by atoms with Gasteiger partial charge >= 0.3 is 0 Å². The van der Waals surface area contributed by atoms with Gasteiger partial charge in [-0.3, -0.25) is 14.8 Å². The van der Waals surface area contributed by atoms with Crippen LogP contribution in [0.15, 0.2) is 30.6 Å². The van der Waals surface area contributed by atoms with Crippen LogP contribution >= 0.6 is 11.6 Å². The van der Waals surface area contributed by atoms with Gasteiger partial charge in [0.2, 0.25) is 0 Å². The Bertz CT molecular complexity index is 582. The van der Waals surface area contributed by atoms with Crippen molar-refractivity contribution in [2.75, 3.05) is 12.4 Å². The summed E-state index contributed by atoms with van der Waals surface area (Å²) in [7, 11) is 1.65. The van der Waals surface area contributed by atoms with Crippen LogP contribution in [-0.4, -0.2) is 21.8 Å². The quantitative estimate of drug-likeness (QED) is 0.682. The molecule has 0 amide bonds. The van der Waals surface area contributed by atoms with Gasteiger partial charge in [-0.1, -0.05) is 23.7 Å². The summed E-state index contributed by atoms with van der Waals surface area (Å²) in [6.07, 6.45) is 3.19. The maximum absolute atomic E-state index is 10.9. The summed E-state index contributed by atoms with van der Waals surface area (Å²) in [6.45, 7) is 0.421. The fraction of sp³-hybridized carbons (Fsp3) is 0.182. The molecule has 1 heterocycles. The van der Waals surface area contributed by atoms with Crippen LogP contribution in [0.25, 0.3) is 0 Å². The number of nitro groups is 1. The second-order valence-electron chi connectivity index (χ2n) is 3.67. The van der Waals surface area contributed by atoms with E-state index in [2.05, 4.69) is 10.4 Å². The maximum Gasteiger partial charge on any atom is 0.292 e. The number of nitrogens with one attached hydrogen (secondary N) is 1. The Kier molecular flexibility index (Phi) is 3.47. The topological polar surface area (TPSA) is 73.0 Å². The predicted octanol–water partition coefficient (Wildman–Crippen LogP) is 2.53. The Labute approximate surface area is 108 Å². The fourth-order valence-electron chi connectivity index (χ4n) is 1.76. The minimum atomic E-state index is -0.411. The Morgan fingerprint density at radius 2 is 2.33 bits per heavy atom. The molecule has 1 N–H and O–H groups in total. The van der Waals surface area contributed by atoms with Crippen LogP contribution in [0.3, 0.4) is 0 Å². The van der Waals surface area contributed by atoms with E-state index in [-0.39, 0.29) is 5.69 Å². The highest BCUT2D eigenvalue weighted by atomic mass is 35.5. The zero-order chi connectivity index (χ0) is 13.1. The first kappa shape index (κ1) is 12.4. The van der Waals surface area contributed by atoms with Crippen molar-refractivity contribution in [3.05, 3.63) is 51.3 Å². The van der Waals surface area contributed by atoms with E-state index in [9.17, 15) is 10.1 Å². The molecule has 6 nitrogen and oxygen atoms in total. The average Bonchev–Trinajstić information content (AvgIpc) is 2.74. The van der Waals surface area contributed by atoms with Crippen LogP contribution in [0.4, 0.5) is 11.4 Å². The summed E-state index contributed by atoms with van der Waals surface area (Å²) < 4.78 is 1.63. The van der Waals surface area contributed by atoms with Crippen molar-refractivity contribution < 1.29 is 4.92 Å². The number of rotatable bonds is 4. The zero-order valence-electron chi connectivity index (χ0n) is 9.63. The van der Waals surface area contributed by atoms with Crippen LogP contribution in [0.5, 0.6) is 0 Å². The van der Waals surface area contributed by atoms with Crippen molar-refractivity contribution in [2.24, 2.45) is 0 Å². The summed E-state index contributed by atoms with van der Waals surface area (Å²) in [5.41, 5.74) is 1.33. The van der Waals surface area contributed by atoms with Crippen molar-refractivity contribution in [2.45, 2.75) is 6.54 Å². The van der Waals surface area contributed by atoms with Gasteiger partial charge < -0.3 is 5.32 Å². The van der Waals surface area contributed by atoms with Crippen molar-refractivity contribution >= 4 is 23.0 Å². The smallest absolute Gasteiger partial charge is 0.292 e. The molecule has 0 radical (unpaired) electrons. The molecule has 0 fully saturated rings. The molecule has 0 bridgehead atoms. The molecule has 0 aliphatic heterocycles. The number of hydrogen-bond acceptors (Lipinski definition) is 4. The number of aromatic nitrogens is 2. The minimum Gasteiger partial charge on any atom is -0.382 e. The van der Waals surface area contributed by atoms with Gasteiger partial charge in [0.15, 0.2) is 0 Å². The van der Waals surface area contributed by atoms with Crippen LogP contribution in [0, 0.1) is 10.1 Å². The molecule has 1 aromatic heterocycles. The number of nitrogens with zero attached hydrogens (tertiary/aromatic N) is 3. The summed E-state index contributed by atoms with van der Waals surface area (Å²) >= 11 is 5.77. The molecular formula is C11H11ClN4O2. The first-order chi connectivity index (χ1) is 8.61. The molecule has 94 valence electrons. The molecule has 7 heteroatoms. The summed E-state index contributed by atoms with van der Waals surface area (Å²) in [5.74, 6) is 0. The third kappa shape index (κ3) is 2.43. The molecule has 0 saturated heterocycles. The van der Waals surface area contributed by atoms with E-state index in [0.29, 0.717) is 17.3 Å². The number of anilines is 1. The Hall–Kier alpha value is -2.08. The number of para-hydroxylation sites is 1. The Morgan fingerprint density at radius 1 is 1.56 bits per heavy atom. The number of benzene rings is 1. The summed E-state index contributed by atoms with van der Waals surface area (Å²) in [6, 6.07) is 4.93. The van der Waals surface area contributed by atoms with Gasteiger partial charge in [0, 0.05) is 24.9 Å². The van der Waals surface area contributed by atoms with Gasteiger partial charge in [0.25, 0.3) is 5.69 Å². The van der Waals surface area contributed by atoms with E-state index in [4.69, 9.17) is 11.6 Å². The molecule has 0 spiro atoms. The molecule has 18 heavy (non-hydrogen) atoms. The van der Waals surface area contributed by atoms with Gasteiger partial charge in [0.1, 0.15) is 5.69 Å². The van der Waals surface area contributed by atoms with Crippen molar-refractivity contribution in [3.63, 3.8) is 0 Å². The molecule has 0 saturated carbocycles. The van der Waals surface area contributed by atoms with Crippen molar-refractivity contribution in [3.8, 4) is 0 Å². The van der Waals surface area contributed by atoms with Crippen molar-refractivity contribution in [1.29, 1.82) is 0 Å². The summed E-state index contributed by atoms with van der Waals surface area (Å²) in [4.78, 5) is 10.5. The summed E-state index contributed by atoms with van der Waals surface area (Å²) in [5, 5.41) is 18.4. The van der Waals surface area contributed by atoms with Crippen molar-refractivity contribution in [1.82, 2.24) is 9.78 Å². The Morgan fingerprint density at radius 3 is 2.89 bits per heavy atom. The van der Waals surface area contributed by atoms with E-state index in [1.54, 1.807) is 24.0 Å². The molecule has 2 aromatic rings. The van der Waals surface area contributed by atoms with E-state index in [1.807, 2.05) is 6.07 Å². The molecule has 0 atom stereocenters. The minimum absolute atomic E-state index is 0.0493. The van der Waals surface area contributed by atoms with Gasteiger partial charge in [-0.25, -0.2) is 0 Å². The maximum atomic E-state index is 10.9. The van der Waals surface area contributed by atoms with Gasteiger partial charge in [-0.15, -0.1) is 0 Å². The average molecular weight is 267 g/mol. The van der Waals surface area contributed by atoms with E-state index < -0.39 is 4.92 Å². The first-order valence-corrected chi connectivity index (χ1v) is 5.61. The molecule has 0 unspecified atom stereocenters.